The van der Waals surface area contributed by atoms with Crippen molar-refractivity contribution in [2.45, 2.75) is 13.5 Å². The monoisotopic (exact) mass is 262 g/mol. The molecule has 1 N–H and O–H groups in total. The normalized spacial score (nSPS) is 10.3. The lowest BCUT2D eigenvalue weighted by molar-refractivity contribution is 0.0786. The second-order valence-electron chi connectivity index (χ2n) is 4.13. The molecule has 0 spiro atoms. The highest BCUT2D eigenvalue weighted by Crippen LogP contribution is 2.17. The van der Waals surface area contributed by atoms with Crippen LogP contribution in [0.3, 0.4) is 0 Å². The average molecular weight is 262 g/mol. The first-order chi connectivity index (χ1) is 8.58. The van der Waals surface area contributed by atoms with Gasteiger partial charge in [-0.25, -0.2) is 0 Å². The van der Waals surface area contributed by atoms with Crippen LogP contribution in [0.15, 0.2) is 34.6 Å². The van der Waals surface area contributed by atoms with E-state index in [9.17, 15) is 9.59 Å². The second kappa shape index (κ2) is 5.18. The number of thiophene rings is 1. The van der Waals surface area contributed by atoms with Gasteiger partial charge in [-0.1, -0.05) is 0 Å². The topological polar surface area (TPSA) is 53.2 Å². The summed E-state index contributed by atoms with van der Waals surface area (Å²) >= 11 is 1.63. The average Bonchev–Trinajstić information content (AvgIpc) is 2.74. The van der Waals surface area contributed by atoms with E-state index in [0.29, 0.717) is 12.1 Å². The molecule has 0 unspecified atom stereocenters. The van der Waals surface area contributed by atoms with E-state index in [1.165, 1.54) is 17.8 Å². The summed E-state index contributed by atoms with van der Waals surface area (Å²) in [6, 6.07) is 4.97. The Kier molecular flexibility index (Phi) is 3.62. The Morgan fingerprint density at radius 3 is 2.83 bits per heavy atom. The summed E-state index contributed by atoms with van der Waals surface area (Å²) in [7, 11) is 1.74. The fourth-order valence-corrected chi connectivity index (χ4v) is 2.61. The minimum absolute atomic E-state index is 0.145. The van der Waals surface area contributed by atoms with Crippen molar-refractivity contribution in [3.05, 3.63) is 56.1 Å². The summed E-state index contributed by atoms with van der Waals surface area (Å²) in [6.45, 7) is 2.59. The smallest absolute Gasteiger partial charge is 0.254 e. The third-order valence-corrected chi connectivity index (χ3v) is 3.73. The molecule has 0 aliphatic heterocycles. The van der Waals surface area contributed by atoms with Gasteiger partial charge in [-0.05, 0) is 30.0 Å². The third kappa shape index (κ3) is 2.68. The van der Waals surface area contributed by atoms with Crippen molar-refractivity contribution in [2.24, 2.45) is 0 Å². The van der Waals surface area contributed by atoms with E-state index < -0.39 is 0 Å². The number of H-pyrrole nitrogens is 1. The number of aryl methyl sites for hydroxylation is 1. The first-order valence-electron chi connectivity index (χ1n) is 5.55. The van der Waals surface area contributed by atoms with Gasteiger partial charge < -0.3 is 9.88 Å². The molecule has 2 aromatic rings. The van der Waals surface area contributed by atoms with Gasteiger partial charge in [-0.15, -0.1) is 11.3 Å². The molecule has 2 aromatic heterocycles. The van der Waals surface area contributed by atoms with E-state index >= 15 is 0 Å². The SMILES string of the molecule is Cc1ccsc1CN(C)C(=O)c1cc[nH]c(=O)c1. The van der Waals surface area contributed by atoms with Gasteiger partial charge in [0.25, 0.3) is 5.91 Å². The van der Waals surface area contributed by atoms with Gasteiger partial charge in [0.1, 0.15) is 0 Å². The van der Waals surface area contributed by atoms with Crippen molar-refractivity contribution in [2.75, 3.05) is 7.05 Å². The number of rotatable bonds is 3. The molecule has 0 radical (unpaired) electrons. The molecule has 2 heterocycles. The van der Waals surface area contributed by atoms with Crippen LogP contribution in [0.25, 0.3) is 0 Å². The molecule has 94 valence electrons. The summed E-state index contributed by atoms with van der Waals surface area (Å²) in [5.41, 5.74) is 1.34. The van der Waals surface area contributed by atoms with Crippen molar-refractivity contribution in [3.8, 4) is 0 Å². The number of hydrogen-bond acceptors (Lipinski definition) is 3. The fourth-order valence-electron chi connectivity index (χ4n) is 1.65. The van der Waals surface area contributed by atoms with Gasteiger partial charge in [0.2, 0.25) is 5.56 Å². The van der Waals surface area contributed by atoms with Crippen LogP contribution >= 0.6 is 11.3 Å². The number of amides is 1. The third-order valence-electron chi connectivity index (χ3n) is 2.72. The maximum absolute atomic E-state index is 12.1. The van der Waals surface area contributed by atoms with E-state index in [1.54, 1.807) is 29.4 Å². The van der Waals surface area contributed by atoms with E-state index in [4.69, 9.17) is 0 Å². The number of carbonyl (C=O) groups is 1. The maximum Gasteiger partial charge on any atom is 0.254 e. The Morgan fingerprint density at radius 2 is 2.22 bits per heavy atom. The van der Waals surface area contributed by atoms with Gasteiger partial charge in [-0.2, -0.15) is 0 Å². The lowest BCUT2D eigenvalue weighted by atomic mass is 10.2. The maximum atomic E-state index is 12.1. The Morgan fingerprint density at radius 1 is 1.44 bits per heavy atom. The highest BCUT2D eigenvalue weighted by atomic mass is 32.1. The van der Waals surface area contributed by atoms with E-state index in [2.05, 4.69) is 4.98 Å². The molecule has 0 saturated heterocycles. The van der Waals surface area contributed by atoms with Crippen molar-refractivity contribution < 1.29 is 4.79 Å². The van der Waals surface area contributed by atoms with Crippen LogP contribution in [0.5, 0.6) is 0 Å². The Balaban J connectivity index is 2.14. The summed E-state index contributed by atoms with van der Waals surface area (Å²) in [4.78, 5) is 28.6. The van der Waals surface area contributed by atoms with Crippen molar-refractivity contribution >= 4 is 17.2 Å². The molecule has 5 heteroatoms. The Labute approximate surface area is 109 Å². The molecule has 0 fully saturated rings. The van der Waals surface area contributed by atoms with Gasteiger partial charge in [-0.3, -0.25) is 9.59 Å². The Bertz CT molecular complexity index is 615. The summed E-state index contributed by atoms with van der Waals surface area (Å²) in [5.74, 6) is -0.145. The van der Waals surface area contributed by atoms with Crippen molar-refractivity contribution in [1.82, 2.24) is 9.88 Å². The van der Waals surface area contributed by atoms with Crippen LogP contribution in [0.4, 0.5) is 0 Å². The quantitative estimate of drug-likeness (QED) is 0.920. The zero-order chi connectivity index (χ0) is 13.1. The lowest BCUT2D eigenvalue weighted by Gasteiger charge is -2.16. The molecular weight excluding hydrogens is 248 g/mol. The first kappa shape index (κ1) is 12.6. The second-order valence-corrected chi connectivity index (χ2v) is 5.13. The minimum Gasteiger partial charge on any atom is -0.337 e. The van der Waals surface area contributed by atoms with Crippen LogP contribution in [0, 0.1) is 6.92 Å². The van der Waals surface area contributed by atoms with Gasteiger partial charge in [0, 0.05) is 29.8 Å². The van der Waals surface area contributed by atoms with Crippen LogP contribution in [-0.2, 0) is 6.54 Å². The number of hydrogen-bond donors (Lipinski definition) is 1. The van der Waals surface area contributed by atoms with Gasteiger partial charge >= 0.3 is 0 Å². The molecular formula is C13H14N2O2S. The zero-order valence-corrected chi connectivity index (χ0v) is 11.1. The Hall–Kier alpha value is -1.88. The predicted molar refractivity (Wildman–Crippen MR) is 71.9 cm³/mol. The molecule has 0 aliphatic rings. The molecule has 18 heavy (non-hydrogen) atoms. The van der Waals surface area contributed by atoms with Crippen LogP contribution in [0.2, 0.25) is 0 Å². The van der Waals surface area contributed by atoms with Crippen molar-refractivity contribution in [1.29, 1.82) is 0 Å². The minimum atomic E-state index is -0.262. The lowest BCUT2D eigenvalue weighted by Crippen LogP contribution is -2.27. The summed E-state index contributed by atoms with van der Waals surface area (Å²) in [5, 5.41) is 2.01. The van der Waals surface area contributed by atoms with Crippen LogP contribution in [0.1, 0.15) is 20.8 Å². The number of carbonyl (C=O) groups excluding carboxylic acids is 1. The number of nitrogens with one attached hydrogen (secondary N) is 1. The largest absolute Gasteiger partial charge is 0.337 e. The number of pyridine rings is 1. The summed E-state index contributed by atoms with van der Waals surface area (Å²) < 4.78 is 0. The molecule has 0 aliphatic carbocycles. The fraction of sp³-hybridized carbons (Fsp3) is 0.231. The predicted octanol–water partition coefficient (Wildman–Crippen LogP) is 2.02. The summed E-state index contributed by atoms with van der Waals surface area (Å²) in [6.07, 6.45) is 1.49. The van der Waals surface area contributed by atoms with Gasteiger partial charge in [0.15, 0.2) is 0 Å². The standard InChI is InChI=1S/C13H14N2O2S/c1-9-4-6-18-11(9)8-15(2)13(17)10-3-5-14-12(16)7-10/h3-7H,8H2,1-2H3,(H,14,16). The molecule has 0 saturated carbocycles. The highest BCUT2D eigenvalue weighted by molar-refractivity contribution is 7.10. The van der Waals surface area contributed by atoms with E-state index in [1.807, 2.05) is 18.4 Å². The molecule has 0 bridgehead atoms. The van der Waals surface area contributed by atoms with Gasteiger partial charge in [0.05, 0.1) is 6.54 Å². The highest BCUT2D eigenvalue weighted by Gasteiger charge is 2.13. The molecule has 2 rings (SSSR count). The van der Waals surface area contributed by atoms with Crippen LogP contribution < -0.4 is 5.56 Å². The molecule has 0 aromatic carbocycles. The molecule has 4 nitrogen and oxygen atoms in total. The van der Waals surface area contributed by atoms with E-state index in [0.717, 1.165) is 4.88 Å². The zero-order valence-electron chi connectivity index (χ0n) is 10.3. The first-order valence-corrected chi connectivity index (χ1v) is 6.43. The van der Waals surface area contributed by atoms with Crippen LogP contribution in [-0.4, -0.2) is 22.8 Å². The molecule has 1 amide bonds. The molecule has 0 atom stereocenters. The number of aromatic nitrogens is 1. The van der Waals surface area contributed by atoms with Crippen molar-refractivity contribution in [3.63, 3.8) is 0 Å². The number of nitrogens with zero attached hydrogens (tertiary/aromatic N) is 1. The van der Waals surface area contributed by atoms with E-state index in [-0.39, 0.29) is 11.5 Å². The number of aromatic amines is 1.